The smallest absolute Gasteiger partial charge is 0.244 e. The van der Waals surface area contributed by atoms with Crippen molar-refractivity contribution in [2.75, 3.05) is 0 Å². The van der Waals surface area contributed by atoms with Crippen LogP contribution < -0.4 is 5.32 Å². The van der Waals surface area contributed by atoms with E-state index >= 15 is 0 Å². The molecule has 0 radical (unpaired) electrons. The Morgan fingerprint density at radius 3 is 2.56 bits per heavy atom. The molecule has 1 aromatic heterocycles. The summed E-state index contributed by atoms with van der Waals surface area (Å²) in [6.07, 6.45) is 6.77. The lowest BCUT2D eigenvalue weighted by Crippen LogP contribution is -2.21. The molecule has 3 aromatic rings. The second kappa shape index (κ2) is 8.08. The minimum Gasteiger partial charge on any atom is -0.392 e. The molecule has 0 unspecified atom stereocenters. The van der Waals surface area contributed by atoms with Gasteiger partial charge in [-0.2, -0.15) is 5.10 Å². The standard InChI is InChI=1S/C20H19N3O2/c24-15-18-7-5-4-6-17(18)13-21-20(25)11-10-16-12-22-23(14-16)19-8-2-1-3-9-19/h1-12,14,24H,13,15H2,(H,21,25)/b11-10+. The van der Waals surface area contributed by atoms with E-state index in [1.54, 1.807) is 17.0 Å². The van der Waals surface area contributed by atoms with Crippen molar-refractivity contribution in [2.24, 2.45) is 0 Å². The van der Waals surface area contributed by atoms with Gasteiger partial charge in [0.1, 0.15) is 0 Å². The van der Waals surface area contributed by atoms with Crippen LogP contribution in [0, 0.1) is 0 Å². The third kappa shape index (κ3) is 4.43. The van der Waals surface area contributed by atoms with Crippen molar-refractivity contribution in [3.63, 3.8) is 0 Å². The highest BCUT2D eigenvalue weighted by molar-refractivity contribution is 5.91. The second-order valence-corrected chi connectivity index (χ2v) is 5.53. The van der Waals surface area contributed by atoms with Gasteiger partial charge in [0.25, 0.3) is 0 Å². The number of nitrogens with one attached hydrogen (secondary N) is 1. The second-order valence-electron chi connectivity index (χ2n) is 5.53. The van der Waals surface area contributed by atoms with Gasteiger partial charge in [-0.1, -0.05) is 42.5 Å². The Labute approximate surface area is 146 Å². The van der Waals surface area contributed by atoms with Crippen LogP contribution >= 0.6 is 0 Å². The number of hydrogen-bond acceptors (Lipinski definition) is 3. The molecule has 1 heterocycles. The van der Waals surface area contributed by atoms with E-state index in [-0.39, 0.29) is 12.5 Å². The maximum atomic E-state index is 12.0. The normalized spacial score (nSPS) is 10.9. The van der Waals surface area contributed by atoms with Crippen LogP contribution in [0.2, 0.25) is 0 Å². The van der Waals surface area contributed by atoms with Gasteiger partial charge in [-0.25, -0.2) is 4.68 Å². The zero-order valence-corrected chi connectivity index (χ0v) is 13.7. The van der Waals surface area contributed by atoms with Gasteiger partial charge in [-0.15, -0.1) is 0 Å². The average Bonchev–Trinajstić information content (AvgIpc) is 3.14. The molecule has 2 aromatic carbocycles. The van der Waals surface area contributed by atoms with E-state index in [9.17, 15) is 9.90 Å². The molecule has 0 saturated carbocycles. The Kier molecular flexibility index (Phi) is 5.39. The molecule has 126 valence electrons. The fraction of sp³-hybridized carbons (Fsp3) is 0.100. The molecule has 0 saturated heterocycles. The monoisotopic (exact) mass is 333 g/mol. The van der Waals surface area contributed by atoms with Crippen molar-refractivity contribution in [2.45, 2.75) is 13.2 Å². The first-order chi connectivity index (χ1) is 12.3. The Morgan fingerprint density at radius 2 is 1.80 bits per heavy atom. The van der Waals surface area contributed by atoms with Crippen LogP contribution in [0.4, 0.5) is 0 Å². The predicted molar refractivity (Wildman–Crippen MR) is 96.8 cm³/mol. The summed E-state index contributed by atoms with van der Waals surface area (Å²) >= 11 is 0. The van der Waals surface area contributed by atoms with Gasteiger partial charge < -0.3 is 10.4 Å². The van der Waals surface area contributed by atoms with Gasteiger partial charge in [0, 0.05) is 24.4 Å². The highest BCUT2D eigenvalue weighted by Crippen LogP contribution is 2.09. The number of carbonyl (C=O) groups is 1. The van der Waals surface area contributed by atoms with E-state index in [0.717, 1.165) is 22.4 Å². The molecule has 25 heavy (non-hydrogen) atoms. The van der Waals surface area contributed by atoms with Crippen LogP contribution in [0.1, 0.15) is 16.7 Å². The molecule has 0 fully saturated rings. The summed E-state index contributed by atoms with van der Waals surface area (Å²) in [6, 6.07) is 17.3. The van der Waals surface area contributed by atoms with Gasteiger partial charge in [0.2, 0.25) is 5.91 Å². The van der Waals surface area contributed by atoms with Crippen LogP contribution in [0.15, 0.2) is 73.1 Å². The van der Waals surface area contributed by atoms with Gasteiger partial charge >= 0.3 is 0 Å². The summed E-state index contributed by atoms with van der Waals surface area (Å²) in [7, 11) is 0. The number of aliphatic hydroxyl groups is 1. The van der Waals surface area contributed by atoms with Gasteiger partial charge in [0.05, 0.1) is 18.5 Å². The largest absolute Gasteiger partial charge is 0.392 e. The van der Waals surface area contributed by atoms with Crippen molar-refractivity contribution in [3.05, 3.63) is 89.8 Å². The first kappa shape index (κ1) is 16.7. The van der Waals surface area contributed by atoms with E-state index in [2.05, 4.69) is 10.4 Å². The van der Waals surface area contributed by atoms with Crippen molar-refractivity contribution in [1.82, 2.24) is 15.1 Å². The van der Waals surface area contributed by atoms with Crippen LogP contribution in [0.5, 0.6) is 0 Å². The number of hydrogen-bond donors (Lipinski definition) is 2. The minimum atomic E-state index is -0.194. The maximum Gasteiger partial charge on any atom is 0.244 e. The zero-order valence-electron chi connectivity index (χ0n) is 13.7. The Morgan fingerprint density at radius 1 is 1.08 bits per heavy atom. The van der Waals surface area contributed by atoms with Gasteiger partial charge in [0.15, 0.2) is 0 Å². The molecule has 0 atom stereocenters. The molecule has 0 spiro atoms. The summed E-state index contributed by atoms with van der Waals surface area (Å²) in [6.45, 7) is 0.337. The lowest BCUT2D eigenvalue weighted by molar-refractivity contribution is -0.116. The van der Waals surface area contributed by atoms with Crippen molar-refractivity contribution >= 4 is 12.0 Å². The topological polar surface area (TPSA) is 67.2 Å². The highest BCUT2D eigenvalue weighted by atomic mass is 16.3. The molecule has 0 aliphatic rings. The van der Waals surface area contributed by atoms with E-state index in [1.807, 2.05) is 60.8 Å². The van der Waals surface area contributed by atoms with Crippen molar-refractivity contribution < 1.29 is 9.90 Å². The Hall–Kier alpha value is -3.18. The molecule has 1 amide bonds. The number of aromatic nitrogens is 2. The van der Waals surface area contributed by atoms with Gasteiger partial charge in [-0.3, -0.25) is 4.79 Å². The van der Waals surface area contributed by atoms with E-state index in [0.29, 0.717) is 6.54 Å². The number of carbonyl (C=O) groups excluding carboxylic acids is 1. The Balaban J connectivity index is 1.59. The Bertz CT molecular complexity index is 869. The fourth-order valence-electron chi connectivity index (χ4n) is 2.44. The van der Waals surface area contributed by atoms with Crippen LogP contribution in [0.25, 0.3) is 11.8 Å². The first-order valence-corrected chi connectivity index (χ1v) is 8.00. The average molecular weight is 333 g/mol. The first-order valence-electron chi connectivity index (χ1n) is 8.00. The molecule has 2 N–H and O–H groups in total. The van der Waals surface area contributed by atoms with Crippen LogP contribution in [0.3, 0.4) is 0 Å². The lowest BCUT2D eigenvalue weighted by Gasteiger charge is -2.07. The SMILES string of the molecule is O=C(/C=C/c1cnn(-c2ccccc2)c1)NCc1ccccc1CO. The lowest BCUT2D eigenvalue weighted by atomic mass is 10.1. The van der Waals surface area contributed by atoms with E-state index in [1.165, 1.54) is 6.08 Å². The number of para-hydroxylation sites is 1. The summed E-state index contributed by atoms with van der Waals surface area (Å²) in [5, 5.41) is 16.4. The van der Waals surface area contributed by atoms with E-state index < -0.39 is 0 Å². The third-order valence-corrected chi connectivity index (χ3v) is 3.79. The maximum absolute atomic E-state index is 12.0. The number of aliphatic hydroxyl groups excluding tert-OH is 1. The molecule has 0 aliphatic heterocycles. The molecule has 3 rings (SSSR count). The minimum absolute atomic E-state index is 0.0411. The zero-order chi connectivity index (χ0) is 17.5. The number of rotatable bonds is 6. The fourth-order valence-corrected chi connectivity index (χ4v) is 2.44. The molecule has 5 nitrogen and oxygen atoms in total. The highest BCUT2D eigenvalue weighted by Gasteiger charge is 2.02. The molecular weight excluding hydrogens is 314 g/mol. The summed E-state index contributed by atoms with van der Waals surface area (Å²) in [5.41, 5.74) is 3.53. The summed E-state index contributed by atoms with van der Waals surface area (Å²) in [5.74, 6) is -0.194. The van der Waals surface area contributed by atoms with Crippen LogP contribution in [-0.2, 0) is 17.9 Å². The quantitative estimate of drug-likeness (QED) is 0.682. The summed E-state index contributed by atoms with van der Waals surface area (Å²) < 4.78 is 1.76. The number of nitrogens with zero attached hydrogens (tertiary/aromatic N) is 2. The van der Waals surface area contributed by atoms with E-state index in [4.69, 9.17) is 0 Å². The van der Waals surface area contributed by atoms with Crippen molar-refractivity contribution in [3.8, 4) is 5.69 Å². The number of benzene rings is 2. The number of amides is 1. The molecular formula is C20H19N3O2. The summed E-state index contributed by atoms with van der Waals surface area (Å²) in [4.78, 5) is 12.0. The van der Waals surface area contributed by atoms with Crippen LogP contribution in [-0.4, -0.2) is 20.8 Å². The molecule has 5 heteroatoms. The van der Waals surface area contributed by atoms with Gasteiger partial charge in [-0.05, 0) is 29.3 Å². The third-order valence-electron chi connectivity index (χ3n) is 3.79. The molecule has 0 aliphatic carbocycles. The predicted octanol–water partition coefficient (Wildman–Crippen LogP) is 2.69. The van der Waals surface area contributed by atoms with Crippen molar-refractivity contribution in [1.29, 1.82) is 0 Å². The molecule has 0 bridgehead atoms.